The first-order valence-corrected chi connectivity index (χ1v) is 6.79. The maximum Gasteiger partial charge on any atom is 0.225 e. The lowest BCUT2D eigenvalue weighted by Gasteiger charge is -2.25. The van der Waals surface area contributed by atoms with Gasteiger partial charge in [-0.25, -0.2) is 0 Å². The molecule has 0 aliphatic carbocycles. The predicted octanol–water partition coefficient (Wildman–Crippen LogP) is 2.22. The number of nitrogens with one attached hydrogen (secondary N) is 1. The Bertz CT molecular complexity index is 462. The van der Waals surface area contributed by atoms with Gasteiger partial charge in [0.05, 0.1) is 6.07 Å². The van der Waals surface area contributed by atoms with Crippen LogP contribution in [0.1, 0.15) is 26.7 Å². The topological polar surface area (TPSA) is 82.2 Å². The van der Waals surface area contributed by atoms with E-state index in [4.69, 9.17) is 11.0 Å². The fourth-order valence-corrected chi connectivity index (χ4v) is 1.86. The lowest BCUT2D eigenvalue weighted by atomic mass is 10.2. The van der Waals surface area contributed by atoms with E-state index in [0.29, 0.717) is 37.7 Å². The van der Waals surface area contributed by atoms with Crippen molar-refractivity contribution in [2.24, 2.45) is 0 Å². The van der Waals surface area contributed by atoms with Gasteiger partial charge in [-0.05, 0) is 38.1 Å². The molecule has 108 valence electrons. The molecule has 0 fully saturated rings. The molecule has 0 unspecified atom stereocenters. The zero-order valence-electron chi connectivity index (χ0n) is 12.1. The van der Waals surface area contributed by atoms with Crippen molar-refractivity contribution in [2.75, 3.05) is 24.1 Å². The SMILES string of the molecule is CC(C)N(CCC#N)CCC(=O)Nc1ccc(N)cc1. The minimum absolute atomic E-state index is 0.0302. The van der Waals surface area contributed by atoms with Crippen molar-refractivity contribution >= 4 is 17.3 Å². The molecule has 0 aliphatic heterocycles. The molecule has 0 aromatic heterocycles. The summed E-state index contributed by atoms with van der Waals surface area (Å²) in [5.74, 6) is -0.0302. The molecule has 0 heterocycles. The van der Waals surface area contributed by atoms with E-state index in [1.807, 2.05) is 0 Å². The first kappa shape index (κ1) is 16.0. The summed E-state index contributed by atoms with van der Waals surface area (Å²) in [5, 5.41) is 11.5. The van der Waals surface area contributed by atoms with Crippen LogP contribution in [0.25, 0.3) is 0 Å². The summed E-state index contributed by atoms with van der Waals surface area (Å²) in [6.07, 6.45) is 0.895. The Kier molecular flexibility index (Phi) is 6.54. The second-order valence-corrected chi connectivity index (χ2v) is 4.96. The van der Waals surface area contributed by atoms with E-state index < -0.39 is 0 Å². The summed E-state index contributed by atoms with van der Waals surface area (Å²) < 4.78 is 0. The van der Waals surface area contributed by atoms with Crippen molar-refractivity contribution < 1.29 is 4.79 Å². The van der Waals surface area contributed by atoms with Gasteiger partial charge in [0, 0.05) is 43.3 Å². The highest BCUT2D eigenvalue weighted by molar-refractivity contribution is 5.90. The van der Waals surface area contributed by atoms with E-state index in [1.54, 1.807) is 24.3 Å². The quantitative estimate of drug-likeness (QED) is 0.747. The zero-order chi connectivity index (χ0) is 15.0. The Morgan fingerprint density at radius 3 is 2.55 bits per heavy atom. The molecule has 0 saturated carbocycles. The van der Waals surface area contributed by atoms with E-state index in [9.17, 15) is 4.79 Å². The molecular weight excluding hydrogens is 252 g/mol. The number of carbonyl (C=O) groups is 1. The van der Waals surface area contributed by atoms with Crippen LogP contribution in [0.5, 0.6) is 0 Å². The maximum atomic E-state index is 11.9. The van der Waals surface area contributed by atoms with Crippen LogP contribution in [0.2, 0.25) is 0 Å². The molecular formula is C15H22N4O. The number of nitrogen functional groups attached to an aromatic ring is 1. The molecule has 0 saturated heterocycles. The van der Waals surface area contributed by atoms with Crippen molar-refractivity contribution in [3.05, 3.63) is 24.3 Å². The highest BCUT2D eigenvalue weighted by atomic mass is 16.1. The zero-order valence-corrected chi connectivity index (χ0v) is 12.1. The van der Waals surface area contributed by atoms with Gasteiger partial charge >= 0.3 is 0 Å². The van der Waals surface area contributed by atoms with Gasteiger partial charge in [0.2, 0.25) is 5.91 Å². The van der Waals surface area contributed by atoms with Crippen molar-refractivity contribution in [2.45, 2.75) is 32.7 Å². The second kappa shape index (κ2) is 8.18. The number of nitriles is 1. The normalized spacial score (nSPS) is 10.6. The molecule has 1 rings (SSSR count). The number of benzene rings is 1. The number of anilines is 2. The molecule has 0 atom stereocenters. The summed E-state index contributed by atoms with van der Waals surface area (Å²) in [7, 11) is 0. The smallest absolute Gasteiger partial charge is 0.225 e. The van der Waals surface area contributed by atoms with Crippen LogP contribution in [0.4, 0.5) is 11.4 Å². The minimum atomic E-state index is -0.0302. The average Bonchev–Trinajstić information content (AvgIpc) is 2.41. The Balaban J connectivity index is 2.41. The minimum Gasteiger partial charge on any atom is -0.399 e. The highest BCUT2D eigenvalue weighted by Crippen LogP contribution is 2.11. The Hall–Kier alpha value is -2.06. The van der Waals surface area contributed by atoms with Gasteiger partial charge in [0.15, 0.2) is 0 Å². The molecule has 1 amide bonds. The van der Waals surface area contributed by atoms with Crippen LogP contribution in [0.15, 0.2) is 24.3 Å². The number of hydrogen-bond acceptors (Lipinski definition) is 4. The predicted molar refractivity (Wildman–Crippen MR) is 81.0 cm³/mol. The van der Waals surface area contributed by atoms with Crippen LogP contribution < -0.4 is 11.1 Å². The molecule has 5 nitrogen and oxygen atoms in total. The van der Waals surface area contributed by atoms with Gasteiger partial charge in [-0.3, -0.25) is 9.69 Å². The van der Waals surface area contributed by atoms with Crippen LogP contribution in [-0.4, -0.2) is 29.9 Å². The average molecular weight is 274 g/mol. The largest absolute Gasteiger partial charge is 0.399 e. The Labute approximate surface area is 120 Å². The van der Waals surface area contributed by atoms with Gasteiger partial charge in [-0.15, -0.1) is 0 Å². The summed E-state index contributed by atoms with van der Waals surface area (Å²) in [6.45, 7) is 5.48. The van der Waals surface area contributed by atoms with E-state index >= 15 is 0 Å². The van der Waals surface area contributed by atoms with Crippen LogP contribution >= 0.6 is 0 Å². The number of nitrogens with two attached hydrogens (primary N) is 1. The van der Waals surface area contributed by atoms with E-state index in [1.165, 1.54) is 0 Å². The maximum absolute atomic E-state index is 11.9. The van der Waals surface area contributed by atoms with Crippen molar-refractivity contribution in [3.63, 3.8) is 0 Å². The van der Waals surface area contributed by atoms with Crippen molar-refractivity contribution in [1.29, 1.82) is 5.26 Å². The third-order valence-corrected chi connectivity index (χ3v) is 3.06. The van der Waals surface area contributed by atoms with E-state index in [2.05, 4.69) is 30.1 Å². The Morgan fingerprint density at radius 1 is 1.35 bits per heavy atom. The van der Waals surface area contributed by atoms with E-state index in [0.717, 1.165) is 5.69 Å². The fraction of sp³-hybridized carbons (Fsp3) is 0.467. The number of nitrogens with zero attached hydrogens (tertiary/aromatic N) is 2. The number of carbonyl (C=O) groups excluding carboxylic acids is 1. The molecule has 3 N–H and O–H groups in total. The standard InChI is InChI=1S/C15H22N4O/c1-12(2)19(10-3-9-16)11-8-15(20)18-14-6-4-13(17)5-7-14/h4-7,12H,3,8,10-11,17H2,1-2H3,(H,18,20). The first-order chi connectivity index (χ1) is 9.52. The lowest BCUT2D eigenvalue weighted by molar-refractivity contribution is -0.116. The second-order valence-electron chi connectivity index (χ2n) is 4.96. The van der Waals surface area contributed by atoms with Gasteiger partial charge in [-0.2, -0.15) is 5.26 Å². The molecule has 0 spiro atoms. The van der Waals surface area contributed by atoms with Gasteiger partial charge in [-0.1, -0.05) is 0 Å². The van der Waals surface area contributed by atoms with Gasteiger partial charge < -0.3 is 11.1 Å². The van der Waals surface area contributed by atoms with E-state index in [-0.39, 0.29) is 5.91 Å². The summed E-state index contributed by atoms with van der Waals surface area (Å²) in [5.41, 5.74) is 7.01. The summed E-state index contributed by atoms with van der Waals surface area (Å²) in [4.78, 5) is 14.0. The molecule has 0 aliphatic rings. The van der Waals surface area contributed by atoms with Gasteiger partial charge in [0.25, 0.3) is 0 Å². The van der Waals surface area contributed by atoms with Crippen molar-refractivity contribution in [1.82, 2.24) is 4.90 Å². The number of rotatable bonds is 7. The monoisotopic (exact) mass is 274 g/mol. The van der Waals surface area contributed by atoms with Crippen LogP contribution in [0.3, 0.4) is 0 Å². The fourth-order valence-electron chi connectivity index (χ4n) is 1.86. The third-order valence-electron chi connectivity index (χ3n) is 3.06. The third kappa shape index (κ3) is 5.72. The molecule has 0 radical (unpaired) electrons. The summed E-state index contributed by atoms with van der Waals surface area (Å²) >= 11 is 0. The molecule has 1 aromatic rings. The lowest BCUT2D eigenvalue weighted by Crippen LogP contribution is -2.34. The van der Waals surface area contributed by atoms with Crippen molar-refractivity contribution in [3.8, 4) is 6.07 Å². The number of amides is 1. The molecule has 0 bridgehead atoms. The molecule has 20 heavy (non-hydrogen) atoms. The number of hydrogen-bond donors (Lipinski definition) is 2. The summed E-state index contributed by atoms with van der Waals surface area (Å²) in [6, 6.07) is 9.53. The highest BCUT2D eigenvalue weighted by Gasteiger charge is 2.11. The Morgan fingerprint density at radius 2 is 2.00 bits per heavy atom. The van der Waals surface area contributed by atoms with Crippen LogP contribution in [0, 0.1) is 11.3 Å². The first-order valence-electron chi connectivity index (χ1n) is 6.79. The molecule has 1 aromatic carbocycles. The van der Waals surface area contributed by atoms with Gasteiger partial charge in [0.1, 0.15) is 0 Å². The van der Waals surface area contributed by atoms with Crippen LogP contribution in [-0.2, 0) is 4.79 Å². The molecule has 5 heteroatoms.